The van der Waals surface area contributed by atoms with Crippen LogP contribution >= 0.6 is 0 Å². The van der Waals surface area contributed by atoms with Crippen molar-refractivity contribution in [3.05, 3.63) is 29.8 Å². The number of carbonyl (C=O) groups is 1. The van der Waals surface area contributed by atoms with E-state index in [4.69, 9.17) is 0 Å². The maximum absolute atomic E-state index is 12.5. The molecule has 1 aliphatic heterocycles. The molecule has 6 heteroatoms. The van der Waals surface area contributed by atoms with Crippen molar-refractivity contribution in [2.75, 3.05) is 11.9 Å². The predicted molar refractivity (Wildman–Crippen MR) is 82.1 cm³/mol. The maximum atomic E-state index is 12.5. The first-order valence-electron chi connectivity index (χ1n) is 8.06. The van der Waals surface area contributed by atoms with E-state index in [1.165, 1.54) is 12.1 Å². The van der Waals surface area contributed by atoms with Gasteiger partial charge in [0.1, 0.15) is 0 Å². The van der Waals surface area contributed by atoms with E-state index in [2.05, 4.69) is 12.2 Å². The normalized spacial score (nSPS) is 27.7. The second kappa shape index (κ2) is 5.73. The lowest BCUT2D eigenvalue weighted by atomic mass is 9.70. The van der Waals surface area contributed by atoms with E-state index < -0.39 is 11.7 Å². The molecule has 0 aromatic heterocycles. The molecule has 1 saturated heterocycles. The maximum Gasteiger partial charge on any atom is 0.416 e. The molecule has 2 aliphatic rings. The first-order chi connectivity index (χ1) is 10.8. The summed E-state index contributed by atoms with van der Waals surface area (Å²) in [7, 11) is 0. The van der Waals surface area contributed by atoms with Gasteiger partial charge in [-0.2, -0.15) is 13.2 Å². The molecular formula is C17H21F3N2O. The summed E-state index contributed by atoms with van der Waals surface area (Å²) >= 11 is 0. The molecule has 1 spiro atoms. The first-order valence-corrected chi connectivity index (χ1v) is 8.06. The van der Waals surface area contributed by atoms with E-state index >= 15 is 0 Å². The lowest BCUT2D eigenvalue weighted by molar-refractivity contribution is -0.137. The van der Waals surface area contributed by atoms with E-state index in [1.54, 1.807) is 0 Å². The quantitative estimate of drug-likeness (QED) is 0.783. The largest absolute Gasteiger partial charge is 0.416 e. The summed E-state index contributed by atoms with van der Waals surface area (Å²) in [4.78, 5) is 14.3. The van der Waals surface area contributed by atoms with Crippen LogP contribution in [0.1, 0.15) is 44.6 Å². The molecule has 0 unspecified atom stereocenters. The van der Waals surface area contributed by atoms with Crippen molar-refractivity contribution in [1.29, 1.82) is 0 Å². The van der Waals surface area contributed by atoms with Crippen molar-refractivity contribution in [1.82, 2.24) is 4.90 Å². The standard InChI is InChI=1S/C17H21F3N2O/c1-12-6-8-16(9-7-12)10-11-22(16)15(23)21-14-4-2-13(3-5-14)17(18,19)20/h2-5,12H,6-11H2,1H3,(H,21,23). The Morgan fingerprint density at radius 2 is 1.78 bits per heavy atom. The Hall–Kier alpha value is -1.72. The fraction of sp³-hybridized carbons (Fsp3) is 0.588. The van der Waals surface area contributed by atoms with Crippen LogP contribution in [0.15, 0.2) is 24.3 Å². The van der Waals surface area contributed by atoms with Crippen LogP contribution in [0.2, 0.25) is 0 Å². The Balaban J connectivity index is 1.63. The molecule has 0 radical (unpaired) electrons. The molecular weight excluding hydrogens is 305 g/mol. The number of hydrogen-bond donors (Lipinski definition) is 1. The highest BCUT2D eigenvalue weighted by Crippen LogP contribution is 2.44. The van der Waals surface area contributed by atoms with Gasteiger partial charge in [0, 0.05) is 17.8 Å². The first kappa shape index (κ1) is 16.1. The van der Waals surface area contributed by atoms with Gasteiger partial charge in [0.05, 0.1) is 5.56 Å². The SMILES string of the molecule is CC1CCC2(CC1)CCN2C(=O)Nc1ccc(C(F)(F)F)cc1. The van der Waals surface area contributed by atoms with Gasteiger partial charge in [0.2, 0.25) is 0 Å². The fourth-order valence-electron chi connectivity index (χ4n) is 3.61. The molecule has 2 fully saturated rings. The van der Waals surface area contributed by atoms with Crippen molar-refractivity contribution < 1.29 is 18.0 Å². The molecule has 1 saturated carbocycles. The monoisotopic (exact) mass is 326 g/mol. The van der Waals surface area contributed by atoms with Crippen molar-refractivity contribution in [2.45, 2.75) is 50.7 Å². The van der Waals surface area contributed by atoms with Gasteiger partial charge in [0.25, 0.3) is 0 Å². The minimum Gasteiger partial charge on any atom is -0.319 e. The van der Waals surface area contributed by atoms with Crippen LogP contribution in [0, 0.1) is 5.92 Å². The molecule has 2 amide bonds. The molecule has 1 aromatic rings. The number of nitrogens with zero attached hydrogens (tertiary/aromatic N) is 1. The molecule has 0 atom stereocenters. The van der Waals surface area contributed by atoms with E-state index in [0.29, 0.717) is 11.6 Å². The van der Waals surface area contributed by atoms with E-state index in [-0.39, 0.29) is 11.6 Å². The van der Waals surface area contributed by atoms with Crippen molar-refractivity contribution in [2.24, 2.45) is 5.92 Å². The molecule has 0 bridgehead atoms. The smallest absolute Gasteiger partial charge is 0.319 e. The number of benzene rings is 1. The number of rotatable bonds is 1. The van der Waals surface area contributed by atoms with Crippen LogP contribution in [0.4, 0.5) is 23.7 Å². The summed E-state index contributed by atoms with van der Waals surface area (Å²) in [6, 6.07) is 4.38. The van der Waals surface area contributed by atoms with E-state index in [9.17, 15) is 18.0 Å². The minimum atomic E-state index is -4.36. The van der Waals surface area contributed by atoms with Crippen molar-refractivity contribution in [3.8, 4) is 0 Å². The van der Waals surface area contributed by atoms with Crippen molar-refractivity contribution >= 4 is 11.7 Å². The van der Waals surface area contributed by atoms with Gasteiger partial charge in [-0.05, 0) is 62.3 Å². The molecule has 3 rings (SSSR count). The summed E-state index contributed by atoms with van der Waals surface area (Å²) in [5.74, 6) is 0.709. The number of likely N-dealkylation sites (tertiary alicyclic amines) is 1. The molecule has 1 heterocycles. The third-order valence-electron chi connectivity index (χ3n) is 5.29. The zero-order chi connectivity index (χ0) is 16.7. The van der Waals surface area contributed by atoms with Gasteiger partial charge in [-0.3, -0.25) is 0 Å². The number of urea groups is 1. The van der Waals surface area contributed by atoms with Crippen LogP contribution in [-0.4, -0.2) is 23.0 Å². The Bertz CT molecular complexity index is 574. The van der Waals surface area contributed by atoms with Crippen LogP contribution in [-0.2, 0) is 6.18 Å². The zero-order valence-corrected chi connectivity index (χ0v) is 13.1. The average molecular weight is 326 g/mol. The number of nitrogens with one attached hydrogen (secondary N) is 1. The Labute approximate surface area is 133 Å². The summed E-state index contributed by atoms with van der Waals surface area (Å²) in [5.41, 5.74) is -0.339. The van der Waals surface area contributed by atoms with Gasteiger partial charge in [-0.15, -0.1) is 0 Å². The van der Waals surface area contributed by atoms with Crippen LogP contribution in [0.25, 0.3) is 0 Å². The second-order valence-electron chi connectivity index (χ2n) is 6.81. The van der Waals surface area contributed by atoms with Gasteiger partial charge >= 0.3 is 12.2 Å². The summed E-state index contributed by atoms with van der Waals surface area (Å²) in [6.07, 6.45) is 0.973. The third kappa shape index (κ3) is 3.16. The molecule has 1 N–H and O–H groups in total. The second-order valence-corrected chi connectivity index (χ2v) is 6.81. The highest BCUT2D eigenvalue weighted by molar-refractivity contribution is 5.90. The molecule has 1 aromatic carbocycles. The lowest BCUT2D eigenvalue weighted by Crippen LogP contribution is -2.64. The van der Waals surface area contributed by atoms with Crippen LogP contribution in [0.5, 0.6) is 0 Å². The Morgan fingerprint density at radius 1 is 1.17 bits per heavy atom. The molecule has 1 aliphatic carbocycles. The predicted octanol–water partition coefficient (Wildman–Crippen LogP) is 4.89. The zero-order valence-electron chi connectivity index (χ0n) is 13.1. The molecule has 23 heavy (non-hydrogen) atoms. The fourth-order valence-corrected chi connectivity index (χ4v) is 3.61. The lowest BCUT2D eigenvalue weighted by Gasteiger charge is -2.55. The molecule has 126 valence electrons. The highest BCUT2D eigenvalue weighted by atomic mass is 19.4. The van der Waals surface area contributed by atoms with Crippen LogP contribution in [0.3, 0.4) is 0 Å². The Kier molecular flexibility index (Phi) is 4.02. The van der Waals surface area contributed by atoms with Gasteiger partial charge in [-0.1, -0.05) is 6.92 Å². The number of anilines is 1. The van der Waals surface area contributed by atoms with Gasteiger partial charge in [-0.25, -0.2) is 4.79 Å². The van der Waals surface area contributed by atoms with Gasteiger partial charge in [0.15, 0.2) is 0 Å². The van der Waals surface area contributed by atoms with Crippen molar-refractivity contribution in [3.63, 3.8) is 0 Å². The van der Waals surface area contributed by atoms with E-state index in [1.807, 2.05) is 4.90 Å². The summed E-state index contributed by atoms with van der Waals surface area (Å²) < 4.78 is 37.6. The summed E-state index contributed by atoms with van der Waals surface area (Å²) in [6.45, 7) is 2.96. The third-order valence-corrected chi connectivity index (χ3v) is 5.29. The highest BCUT2D eigenvalue weighted by Gasteiger charge is 2.48. The summed E-state index contributed by atoms with van der Waals surface area (Å²) in [5, 5.41) is 2.72. The number of alkyl halides is 3. The average Bonchev–Trinajstić information content (AvgIpc) is 2.46. The van der Waals surface area contributed by atoms with Crippen LogP contribution < -0.4 is 5.32 Å². The number of halogens is 3. The van der Waals surface area contributed by atoms with Gasteiger partial charge < -0.3 is 10.2 Å². The minimum absolute atomic E-state index is 0.0253. The Morgan fingerprint density at radius 3 is 2.26 bits per heavy atom. The number of carbonyl (C=O) groups excluding carboxylic acids is 1. The van der Waals surface area contributed by atoms with E-state index in [0.717, 1.165) is 50.8 Å². The molecule has 3 nitrogen and oxygen atoms in total. The number of hydrogen-bond acceptors (Lipinski definition) is 1. The number of amides is 2. The topological polar surface area (TPSA) is 32.3 Å².